The van der Waals surface area contributed by atoms with Crippen LogP contribution < -0.4 is 5.32 Å². The number of nitrogens with zero attached hydrogens (tertiary/aromatic N) is 2. The fourth-order valence-corrected chi connectivity index (χ4v) is 5.70. The molecular formula is C19H19Cl2N3OSe. The van der Waals surface area contributed by atoms with E-state index >= 15 is 0 Å². The molecule has 2 heterocycles. The molecule has 0 bridgehead atoms. The van der Waals surface area contributed by atoms with Crippen LogP contribution in [0.15, 0.2) is 41.4 Å². The Morgan fingerprint density at radius 1 is 1.23 bits per heavy atom. The Labute approximate surface area is 168 Å². The summed E-state index contributed by atoms with van der Waals surface area (Å²) in [6.45, 7) is 0. The second-order valence-corrected chi connectivity index (χ2v) is 9.74. The number of nitrogens with one attached hydrogen (secondary N) is 1. The van der Waals surface area contributed by atoms with Gasteiger partial charge < -0.3 is 0 Å². The van der Waals surface area contributed by atoms with Gasteiger partial charge in [-0.05, 0) is 0 Å². The molecule has 0 radical (unpaired) electrons. The number of carbonyl (C=O) groups excluding carboxylic acids is 1. The Kier molecular flexibility index (Phi) is 5.23. The van der Waals surface area contributed by atoms with Crippen LogP contribution >= 0.6 is 23.2 Å². The van der Waals surface area contributed by atoms with Gasteiger partial charge in [-0.15, -0.1) is 0 Å². The molecule has 4 rings (SSSR count). The Morgan fingerprint density at radius 3 is 2.73 bits per heavy atom. The summed E-state index contributed by atoms with van der Waals surface area (Å²) in [6, 6.07) is 7.44. The molecule has 1 fully saturated rings. The molecule has 26 heavy (non-hydrogen) atoms. The summed E-state index contributed by atoms with van der Waals surface area (Å²) in [5, 5.41) is 8.78. The van der Waals surface area contributed by atoms with Crippen molar-refractivity contribution in [2.75, 3.05) is 0 Å². The second kappa shape index (κ2) is 7.61. The molecule has 0 unspecified atom stereocenters. The predicted octanol–water partition coefficient (Wildman–Crippen LogP) is 3.89. The summed E-state index contributed by atoms with van der Waals surface area (Å²) >= 11 is 12.1. The van der Waals surface area contributed by atoms with Crippen LogP contribution in [0, 0.1) is 0 Å². The van der Waals surface area contributed by atoms with Gasteiger partial charge in [-0.25, -0.2) is 0 Å². The number of allylic oxidation sites excluding steroid dienone is 2. The first-order valence-corrected chi connectivity index (χ1v) is 11.6. The van der Waals surface area contributed by atoms with Gasteiger partial charge in [0.05, 0.1) is 0 Å². The van der Waals surface area contributed by atoms with Crippen molar-refractivity contribution in [2.45, 2.75) is 31.7 Å². The van der Waals surface area contributed by atoms with E-state index in [1.165, 1.54) is 17.3 Å². The van der Waals surface area contributed by atoms with Gasteiger partial charge in [-0.1, -0.05) is 0 Å². The topological polar surface area (TPSA) is 46.9 Å². The maximum atomic E-state index is 12.7. The van der Waals surface area contributed by atoms with Gasteiger partial charge >= 0.3 is 169 Å². The first-order chi connectivity index (χ1) is 12.6. The molecule has 2 aromatic rings. The van der Waals surface area contributed by atoms with Gasteiger partial charge in [0, 0.05) is 0 Å². The molecule has 0 saturated heterocycles. The van der Waals surface area contributed by atoms with E-state index < -0.39 is 0 Å². The summed E-state index contributed by atoms with van der Waals surface area (Å²) < 4.78 is 2.99. The van der Waals surface area contributed by atoms with Crippen molar-refractivity contribution in [1.29, 1.82) is 0 Å². The van der Waals surface area contributed by atoms with Crippen molar-refractivity contribution >= 4 is 48.5 Å². The summed E-state index contributed by atoms with van der Waals surface area (Å²) in [6.07, 6.45) is 8.60. The van der Waals surface area contributed by atoms with Crippen molar-refractivity contribution in [1.82, 2.24) is 15.1 Å². The van der Waals surface area contributed by atoms with Crippen LogP contribution in [0.4, 0.5) is 0 Å². The molecule has 1 saturated carbocycles. The molecule has 1 aliphatic carbocycles. The van der Waals surface area contributed by atoms with E-state index in [0.717, 1.165) is 24.2 Å². The molecule has 4 nitrogen and oxygen atoms in total. The average molecular weight is 455 g/mol. The summed E-state index contributed by atoms with van der Waals surface area (Å²) in [5.41, 5.74) is 2.08. The van der Waals surface area contributed by atoms with Crippen LogP contribution in [-0.2, 0) is 0 Å². The summed E-state index contributed by atoms with van der Waals surface area (Å²) in [4.78, 5) is 14.9. The fraction of sp³-hybridized carbons (Fsp3) is 0.263. The first-order valence-electron chi connectivity index (χ1n) is 8.62. The van der Waals surface area contributed by atoms with E-state index in [9.17, 15) is 4.79 Å². The van der Waals surface area contributed by atoms with Crippen LogP contribution in [0.25, 0.3) is 10.2 Å². The molecule has 136 valence electrons. The fourth-order valence-electron chi connectivity index (χ4n) is 3.34. The van der Waals surface area contributed by atoms with E-state index in [-0.39, 0.29) is 26.9 Å². The van der Waals surface area contributed by atoms with E-state index in [1.54, 1.807) is 16.8 Å². The number of hydrogen-bond acceptors (Lipinski definition) is 2. The Bertz CT molecular complexity index is 914. The molecule has 1 aromatic carbocycles. The van der Waals surface area contributed by atoms with Gasteiger partial charge in [0.25, 0.3) is 0 Å². The van der Waals surface area contributed by atoms with Crippen molar-refractivity contribution in [3.05, 3.63) is 62.8 Å². The second-order valence-electron chi connectivity index (χ2n) is 6.46. The van der Waals surface area contributed by atoms with Gasteiger partial charge in [0.15, 0.2) is 0 Å². The third kappa shape index (κ3) is 3.63. The molecular weight excluding hydrogens is 436 g/mol. The van der Waals surface area contributed by atoms with E-state index in [1.807, 2.05) is 12.1 Å². The zero-order chi connectivity index (χ0) is 18.1. The zero-order valence-electron chi connectivity index (χ0n) is 14.0. The Morgan fingerprint density at radius 2 is 2.04 bits per heavy atom. The quantitative estimate of drug-likeness (QED) is 0.712. The molecule has 0 atom stereocenters. The van der Waals surface area contributed by atoms with Crippen LogP contribution in [0.2, 0.25) is 10.0 Å². The standard InChI is InChI=1S/C19H19Cl2N3OSe/c20-12-7-8-16(14(21)10-12)24-17(18-6-3-9-26-18)11-15(23-24)19(25)22-13-4-1-2-5-13/h3,6-11,13H,1-2,4-5,26H2,(H,22,25). The van der Waals surface area contributed by atoms with Gasteiger partial charge in [-0.3, -0.25) is 0 Å². The predicted molar refractivity (Wildman–Crippen MR) is 109 cm³/mol. The number of carbonyl (C=O) groups is 1. The number of aromatic nitrogens is 2. The van der Waals surface area contributed by atoms with E-state index in [4.69, 9.17) is 23.2 Å². The maximum absolute atomic E-state index is 12.7. The van der Waals surface area contributed by atoms with Crippen LogP contribution in [-0.4, -0.2) is 36.7 Å². The normalized spacial score (nSPS) is 18.5. The minimum atomic E-state index is -0.370. The zero-order valence-corrected chi connectivity index (χ0v) is 17.6. The van der Waals surface area contributed by atoms with Crippen molar-refractivity contribution in [2.24, 2.45) is 0 Å². The van der Waals surface area contributed by atoms with Gasteiger partial charge in [0.2, 0.25) is 0 Å². The molecule has 2 aliphatic rings. The molecule has 0 spiro atoms. The van der Waals surface area contributed by atoms with Crippen molar-refractivity contribution in [3.63, 3.8) is 0 Å². The average Bonchev–Trinajstić information content (AvgIpc) is 3.36. The summed E-state index contributed by atoms with van der Waals surface area (Å²) in [5.74, 6) is -0.117. The molecule has 1 aliphatic heterocycles. The monoisotopic (exact) mass is 455 g/mol. The number of hydrogen-bond donors (Lipinski definition) is 1. The van der Waals surface area contributed by atoms with Crippen LogP contribution in [0.3, 0.4) is 0 Å². The number of halogens is 2. The van der Waals surface area contributed by atoms with E-state index in [2.05, 4.69) is 27.5 Å². The molecule has 1 aromatic heterocycles. The summed E-state index contributed by atoms with van der Waals surface area (Å²) in [7, 11) is 0. The van der Waals surface area contributed by atoms with Gasteiger partial charge in [-0.2, -0.15) is 0 Å². The van der Waals surface area contributed by atoms with Crippen molar-refractivity contribution < 1.29 is 4.79 Å². The SMILES string of the molecule is O=C(NC1CCCC1)c1cc(C2=CC=C[SeH2]2)n(-c2ccc(Cl)cc2Cl)n1. The number of benzene rings is 1. The number of amides is 1. The Hall–Kier alpha value is -1.52. The minimum absolute atomic E-state index is 0.117. The molecule has 1 N–H and O–H groups in total. The first kappa shape index (κ1) is 17.9. The van der Waals surface area contributed by atoms with Gasteiger partial charge in [0.1, 0.15) is 0 Å². The Balaban J connectivity index is 1.71. The molecule has 1 amide bonds. The van der Waals surface area contributed by atoms with Crippen molar-refractivity contribution in [3.8, 4) is 5.69 Å². The van der Waals surface area contributed by atoms with Crippen LogP contribution in [0.1, 0.15) is 41.9 Å². The van der Waals surface area contributed by atoms with Crippen LogP contribution in [0.5, 0.6) is 0 Å². The third-order valence-corrected chi connectivity index (χ3v) is 7.48. The molecule has 7 heteroatoms. The third-order valence-electron chi connectivity index (χ3n) is 4.64. The number of rotatable bonds is 4. The van der Waals surface area contributed by atoms with E-state index in [0.29, 0.717) is 15.7 Å².